The van der Waals surface area contributed by atoms with Crippen LogP contribution < -0.4 is 9.47 Å². The van der Waals surface area contributed by atoms with Crippen LogP contribution >= 0.6 is 27.3 Å². The van der Waals surface area contributed by atoms with Crippen LogP contribution in [-0.4, -0.2) is 23.2 Å². The first kappa shape index (κ1) is 13.8. The number of benzene rings is 1. The van der Waals surface area contributed by atoms with Crippen molar-refractivity contribution in [1.29, 1.82) is 0 Å². The molecule has 0 unspecified atom stereocenters. The van der Waals surface area contributed by atoms with Crippen LogP contribution in [0.15, 0.2) is 28.1 Å². The number of hydrogen-bond donors (Lipinski definition) is 1. The van der Waals surface area contributed by atoms with Gasteiger partial charge < -0.3 is 14.6 Å². The van der Waals surface area contributed by atoms with Gasteiger partial charge in [-0.15, -0.1) is 11.3 Å². The van der Waals surface area contributed by atoms with Crippen LogP contribution in [0.2, 0.25) is 0 Å². The molecule has 19 heavy (non-hydrogen) atoms. The minimum atomic E-state index is -1.03. The molecule has 1 aromatic heterocycles. The van der Waals surface area contributed by atoms with E-state index < -0.39 is 5.97 Å². The molecule has 0 saturated carbocycles. The molecule has 0 aliphatic rings. The van der Waals surface area contributed by atoms with Crippen molar-refractivity contribution in [2.24, 2.45) is 0 Å². The summed E-state index contributed by atoms with van der Waals surface area (Å²) in [4.78, 5) is 14.7. The van der Waals surface area contributed by atoms with Crippen molar-refractivity contribution >= 4 is 33.2 Å². The highest BCUT2D eigenvalue weighted by atomic mass is 79.9. The highest BCUT2D eigenvalue weighted by Gasteiger charge is 2.12. The van der Waals surface area contributed by atoms with Gasteiger partial charge in [-0.1, -0.05) is 6.07 Å². The molecule has 0 saturated heterocycles. The number of aromatic nitrogens is 1. The van der Waals surface area contributed by atoms with E-state index in [1.165, 1.54) is 0 Å². The van der Waals surface area contributed by atoms with Crippen LogP contribution in [0.5, 0.6) is 11.5 Å². The molecule has 100 valence electrons. The Hall–Kier alpha value is -1.60. The Morgan fingerprint density at radius 3 is 2.95 bits per heavy atom. The molecule has 1 aromatic carbocycles. The Bertz CT molecular complexity index is 599. The largest absolute Gasteiger partial charge is 0.493 e. The molecule has 1 N–H and O–H groups in total. The van der Waals surface area contributed by atoms with Gasteiger partial charge in [-0.2, -0.15) is 0 Å². The molecule has 0 amide bonds. The molecule has 1 heterocycles. The second kappa shape index (κ2) is 6.03. The maximum Gasteiger partial charge on any atom is 0.365 e. The second-order valence-corrected chi connectivity index (χ2v) is 5.22. The topological polar surface area (TPSA) is 68.7 Å². The van der Waals surface area contributed by atoms with Gasteiger partial charge in [0.25, 0.3) is 0 Å². The average Bonchev–Trinajstić information content (AvgIpc) is 2.86. The predicted molar refractivity (Wildman–Crippen MR) is 74.1 cm³/mol. The number of hydrogen-bond acceptors (Lipinski definition) is 5. The molecule has 0 aliphatic carbocycles. The van der Waals surface area contributed by atoms with E-state index in [1.807, 2.05) is 12.1 Å². The number of halogens is 1. The maximum atomic E-state index is 10.7. The summed E-state index contributed by atoms with van der Waals surface area (Å²) in [6.07, 6.45) is 0. The van der Waals surface area contributed by atoms with Crippen LogP contribution in [-0.2, 0) is 6.61 Å². The third-order valence-corrected chi connectivity index (χ3v) is 3.75. The summed E-state index contributed by atoms with van der Waals surface area (Å²) in [5.74, 6) is 0.132. The molecule has 7 heteroatoms. The van der Waals surface area contributed by atoms with E-state index in [0.29, 0.717) is 17.2 Å². The monoisotopic (exact) mass is 343 g/mol. The van der Waals surface area contributed by atoms with Crippen molar-refractivity contribution in [3.63, 3.8) is 0 Å². The quantitative estimate of drug-likeness (QED) is 0.902. The first-order chi connectivity index (χ1) is 9.11. The third kappa shape index (κ3) is 3.24. The predicted octanol–water partition coefficient (Wildman–Crippen LogP) is 3.19. The lowest BCUT2D eigenvalue weighted by Crippen LogP contribution is -2.00. The minimum absolute atomic E-state index is 0.0534. The van der Waals surface area contributed by atoms with E-state index in [2.05, 4.69) is 20.9 Å². The fourth-order valence-electron chi connectivity index (χ4n) is 1.41. The SMILES string of the molecule is COc1cccc(Br)c1OCc1csc(C(=O)O)n1. The van der Waals surface area contributed by atoms with Gasteiger partial charge in [-0.25, -0.2) is 9.78 Å². The summed E-state index contributed by atoms with van der Waals surface area (Å²) in [7, 11) is 1.56. The van der Waals surface area contributed by atoms with E-state index in [4.69, 9.17) is 14.6 Å². The Labute approximate surface area is 121 Å². The van der Waals surface area contributed by atoms with E-state index in [1.54, 1.807) is 18.6 Å². The summed E-state index contributed by atoms with van der Waals surface area (Å²) >= 11 is 4.45. The number of carboxylic acid groups (broad SMARTS) is 1. The van der Waals surface area contributed by atoms with Crippen LogP contribution in [0.3, 0.4) is 0 Å². The Morgan fingerprint density at radius 2 is 2.32 bits per heavy atom. The number of methoxy groups -OCH3 is 1. The number of para-hydroxylation sites is 1. The fraction of sp³-hybridized carbons (Fsp3) is 0.167. The standard InChI is InChI=1S/C12H10BrNO4S/c1-17-9-4-2-3-8(13)10(9)18-5-7-6-19-11(14-7)12(15)16/h2-4,6H,5H2,1H3,(H,15,16). The first-order valence-corrected chi connectivity index (χ1v) is 6.92. The molecule has 2 rings (SSSR count). The average molecular weight is 344 g/mol. The van der Waals surface area contributed by atoms with Crippen LogP contribution in [0.4, 0.5) is 0 Å². The zero-order valence-corrected chi connectivity index (χ0v) is 12.3. The highest BCUT2D eigenvalue weighted by Crippen LogP contribution is 2.35. The van der Waals surface area contributed by atoms with Crippen molar-refractivity contribution in [3.05, 3.63) is 38.8 Å². The maximum absolute atomic E-state index is 10.7. The number of carboxylic acids is 1. The number of ether oxygens (including phenoxy) is 2. The summed E-state index contributed by atoms with van der Waals surface area (Å²) in [5.41, 5.74) is 0.570. The normalized spacial score (nSPS) is 10.2. The van der Waals surface area contributed by atoms with Crippen molar-refractivity contribution < 1.29 is 19.4 Å². The van der Waals surface area contributed by atoms with Gasteiger partial charge in [0, 0.05) is 5.38 Å². The lowest BCUT2D eigenvalue weighted by Gasteiger charge is -2.11. The Kier molecular flexibility index (Phi) is 4.39. The molecule has 0 spiro atoms. The van der Waals surface area contributed by atoms with Gasteiger partial charge in [-0.3, -0.25) is 0 Å². The van der Waals surface area contributed by atoms with E-state index >= 15 is 0 Å². The molecule has 2 aromatic rings. The minimum Gasteiger partial charge on any atom is -0.493 e. The highest BCUT2D eigenvalue weighted by molar-refractivity contribution is 9.10. The lowest BCUT2D eigenvalue weighted by molar-refractivity contribution is 0.0696. The molecule has 5 nitrogen and oxygen atoms in total. The van der Waals surface area contributed by atoms with E-state index in [-0.39, 0.29) is 11.6 Å². The van der Waals surface area contributed by atoms with E-state index in [9.17, 15) is 4.79 Å². The van der Waals surface area contributed by atoms with Crippen molar-refractivity contribution in [2.75, 3.05) is 7.11 Å². The van der Waals surface area contributed by atoms with Gasteiger partial charge in [0.05, 0.1) is 17.3 Å². The summed E-state index contributed by atoms with van der Waals surface area (Å²) in [6.45, 7) is 0.183. The zero-order valence-electron chi connectivity index (χ0n) is 9.92. The molecule has 0 aliphatic heterocycles. The number of nitrogens with zero attached hydrogens (tertiary/aromatic N) is 1. The number of aromatic carboxylic acids is 1. The molecule has 0 radical (unpaired) electrons. The smallest absolute Gasteiger partial charge is 0.365 e. The van der Waals surface area contributed by atoms with Crippen molar-refractivity contribution in [2.45, 2.75) is 6.61 Å². The second-order valence-electron chi connectivity index (χ2n) is 3.51. The van der Waals surface area contributed by atoms with Gasteiger partial charge in [0.2, 0.25) is 5.01 Å². The molecular formula is C12H10BrNO4S. The van der Waals surface area contributed by atoms with E-state index in [0.717, 1.165) is 15.8 Å². The number of thiazole rings is 1. The zero-order chi connectivity index (χ0) is 13.8. The summed E-state index contributed by atoms with van der Waals surface area (Å²) < 4.78 is 11.6. The number of carbonyl (C=O) groups is 1. The molecule has 0 fully saturated rings. The van der Waals surface area contributed by atoms with Crippen LogP contribution in [0.1, 0.15) is 15.5 Å². The van der Waals surface area contributed by atoms with Gasteiger partial charge in [-0.05, 0) is 28.1 Å². The third-order valence-electron chi connectivity index (χ3n) is 2.25. The molecule has 0 atom stereocenters. The first-order valence-electron chi connectivity index (χ1n) is 5.25. The van der Waals surface area contributed by atoms with Crippen molar-refractivity contribution in [3.8, 4) is 11.5 Å². The molecule has 0 bridgehead atoms. The Balaban J connectivity index is 2.12. The summed E-state index contributed by atoms with van der Waals surface area (Å²) in [5, 5.41) is 10.5. The fourth-order valence-corrected chi connectivity index (χ4v) is 2.51. The Morgan fingerprint density at radius 1 is 1.53 bits per heavy atom. The van der Waals surface area contributed by atoms with Crippen LogP contribution in [0, 0.1) is 0 Å². The van der Waals surface area contributed by atoms with Gasteiger partial charge >= 0.3 is 5.97 Å². The lowest BCUT2D eigenvalue weighted by atomic mass is 10.3. The van der Waals surface area contributed by atoms with Crippen LogP contribution in [0.25, 0.3) is 0 Å². The number of rotatable bonds is 5. The van der Waals surface area contributed by atoms with Crippen molar-refractivity contribution in [1.82, 2.24) is 4.98 Å². The molecular weight excluding hydrogens is 334 g/mol. The summed E-state index contributed by atoms with van der Waals surface area (Å²) in [6, 6.07) is 5.45. The van der Waals surface area contributed by atoms with Gasteiger partial charge in [0.15, 0.2) is 11.5 Å². The van der Waals surface area contributed by atoms with Gasteiger partial charge in [0.1, 0.15) is 6.61 Å².